The molecule has 1 amide bonds. The minimum atomic E-state index is -0.262. The van der Waals surface area contributed by atoms with E-state index in [0.717, 1.165) is 40.4 Å². The SMILES string of the molecule is CCOc1ccc(N=C2C(=O)N3c4c2cc(OCC)cc4[C@H](C)CC3(C)C)cc1. The lowest BCUT2D eigenvalue weighted by molar-refractivity contribution is -0.113. The Morgan fingerprint density at radius 3 is 2.38 bits per heavy atom. The molecule has 0 aliphatic carbocycles. The summed E-state index contributed by atoms with van der Waals surface area (Å²) in [6.45, 7) is 11.6. The molecule has 2 aromatic rings. The van der Waals surface area contributed by atoms with Crippen molar-refractivity contribution in [1.82, 2.24) is 0 Å². The lowest BCUT2D eigenvalue weighted by Gasteiger charge is -2.43. The normalized spacial score (nSPS) is 20.7. The fourth-order valence-electron chi connectivity index (χ4n) is 4.56. The van der Waals surface area contributed by atoms with Crippen molar-refractivity contribution in [3.8, 4) is 11.5 Å². The topological polar surface area (TPSA) is 51.1 Å². The lowest BCUT2D eigenvalue weighted by Crippen LogP contribution is -2.50. The summed E-state index contributed by atoms with van der Waals surface area (Å²) in [5.41, 5.74) is 3.97. The van der Waals surface area contributed by atoms with Crippen LogP contribution in [0.5, 0.6) is 11.5 Å². The molecule has 5 heteroatoms. The molecule has 5 nitrogen and oxygen atoms in total. The van der Waals surface area contributed by atoms with E-state index in [-0.39, 0.29) is 11.4 Å². The van der Waals surface area contributed by atoms with E-state index in [1.54, 1.807) is 0 Å². The Morgan fingerprint density at radius 1 is 1.07 bits per heavy atom. The highest BCUT2D eigenvalue weighted by Gasteiger charge is 2.48. The number of hydrogen-bond donors (Lipinski definition) is 0. The summed E-state index contributed by atoms with van der Waals surface area (Å²) in [7, 11) is 0. The molecule has 2 aliphatic rings. The molecule has 0 fully saturated rings. The fraction of sp³-hybridized carbons (Fsp3) is 0.417. The molecule has 0 saturated heterocycles. The molecule has 2 aliphatic heterocycles. The Morgan fingerprint density at radius 2 is 1.72 bits per heavy atom. The van der Waals surface area contributed by atoms with Crippen molar-refractivity contribution in [2.75, 3.05) is 18.1 Å². The van der Waals surface area contributed by atoms with E-state index in [2.05, 4.69) is 26.8 Å². The number of nitrogens with zero attached hydrogens (tertiary/aromatic N) is 2. The molecule has 0 bridgehead atoms. The van der Waals surface area contributed by atoms with Crippen molar-refractivity contribution in [2.45, 2.75) is 52.5 Å². The molecule has 1 atom stereocenters. The quantitative estimate of drug-likeness (QED) is 0.699. The zero-order valence-corrected chi connectivity index (χ0v) is 17.8. The summed E-state index contributed by atoms with van der Waals surface area (Å²) in [6, 6.07) is 11.6. The molecule has 2 heterocycles. The fourth-order valence-corrected chi connectivity index (χ4v) is 4.56. The molecular weight excluding hydrogens is 364 g/mol. The average Bonchev–Trinajstić information content (AvgIpc) is 2.95. The van der Waals surface area contributed by atoms with Gasteiger partial charge in [-0.3, -0.25) is 4.79 Å². The van der Waals surface area contributed by atoms with Crippen LogP contribution >= 0.6 is 0 Å². The van der Waals surface area contributed by atoms with Crippen LogP contribution in [0, 0.1) is 0 Å². The van der Waals surface area contributed by atoms with Gasteiger partial charge in [0.1, 0.15) is 17.2 Å². The van der Waals surface area contributed by atoms with Gasteiger partial charge in [-0.1, -0.05) is 6.92 Å². The molecule has 0 N–H and O–H groups in total. The van der Waals surface area contributed by atoms with Crippen LogP contribution in [-0.4, -0.2) is 30.4 Å². The Balaban J connectivity index is 1.86. The largest absolute Gasteiger partial charge is 0.494 e. The van der Waals surface area contributed by atoms with Crippen molar-refractivity contribution < 1.29 is 14.3 Å². The summed E-state index contributed by atoms with van der Waals surface area (Å²) in [5, 5.41) is 0. The maximum atomic E-state index is 13.5. The molecule has 0 spiro atoms. The number of benzene rings is 2. The molecular formula is C24H28N2O3. The first kappa shape index (κ1) is 19.5. The predicted octanol–water partition coefficient (Wildman–Crippen LogP) is 5.24. The first-order valence-electron chi connectivity index (χ1n) is 10.3. The number of aliphatic imine (C=N–C) groups is 1. The van der Waals surface area contributed by atoms with E-state index in [1.165, 1.54) is 0 Å². The Kier molecular flexibility index (Phi) is 4.85. The number of amides is 1. The predicted molar refractivity (Wildman–Crippen MR) is 116 cm³/mol. The first-order chi connectivity index (χ1) is 13.9. The summed E-state index contributed by atoms with van der Waals surface area (Å²) in [6.07, 6.45) is 0.900. The van der Waals surface area contributed by atoms with Gasteiger partial charge >= 0.3 is 0 Å². The highest BCUT2D eigenvalue weighted by Crippen LogP contribution is 2.50. The molecule has 0 saturated carbocycles. The Hall–Kier alpha value is -2.82. The highest BCUT2D eigenvalue weighted by molar-refractivity contribution is 6.55. The second-order valence-corrected chi connectivity index (χ2v) is 8.29. The number of ether oxygens (including phenoxy) is 2. The summed E-state index contributed by atoms with van der Waals surface area (Å²) in [4.78, 5) is 20.2. The van der Waals surface area contributed by atoms with Gasteiger partial charge in [-0.05, 0) is 82.0 Å². The van der Waals surface area contributed by atoms with E-state index < -0.39 is 0 Å². The maximum absolute atomic E-state index is 13.5. The maximum Gasteiger partial charge on any atom is 0.278 e. The van der Waals surface area contributed by atoms with Gasteiger partial charge in [-0.15, -0.1) is 0 Å². The van der Waals surface area contributed by atoms with Crippen molar-refractivity contribution in [3.63, 3.8) is 0 Å². The molecule has 0 aromatic heterocycles. The number of rotatable bonds is 5. The van der Waals surface area contributed by atoms with Crippen LogP contribution < -0.4 is 14.4 Å². The molecule has 152 valence electrons. The average molecular weight is 392 g/mol. The summed E-state index contributed by atoms with van der Waals surface area (Å²) < 4.78 is 11.3. The van der Waals surface area contributed by atoms with Crippen LogP contribution in [0.3, 0.4) is 0 Å². The third-order valence-corrected chi connectivity index (χ3v) is 5.64. The van der Waals surface area contributed by atoms with Crippen LogP contribution in [0.1, 0.15) is 58.1 Å². The monoisotopic (exact) mass is 392 g/mol. The number of hydrogen-bond acceptors (Lipinski definition) is 4. The Bertz CT molecular complexity index is 976. The lowest BCUT2D eigenvalue weighted by atomic mass is 9.80. The molecule has 0 unspecified atom stereocenters. The van der Waals surface area contributed by atoms with Crippen LogP contribution in [0.4, 0.5) is 11.4 Å². The van der Waals surface area contributed by atoms with Crippen LogP contribution in [0.25, 0.3) is 0 Å². The summed E-state index contributed by atoms with van der Waals surface area (Å²) >= 11 is 0. The van der Waals surface area contributed by atoms with Crippen molar-refractivity contribution in [2.24, 2.45) is 4.99 Å². The van der Waals surface area contributed by atoms with Crippen LogP contribution in [-0.2, 0) is 4.79 Å². The summed E-state index contributed by atoms with van der Waals surface area (Å²) in [5.74, 6) is 1.89. The van der Waals surface area contributed by atoms with Crippen LogP contribution in [0.2, 0.25) is 0 Å². The van der Waals surface area contributed by atoms with Gasteiger partial charge in [-0.2, -0.15) is 0 Å². The van der Waals surface area contributed by atoms with Crippen LogP contribution in [0.15, 0.2) is 41.4 Å². The Labute approximate surface area is 172 Å². The molecule has 29 heavy (non-hydrogen) atoms. The van der Waals surface area contributed by atoms with Crippen molar-refractivity contribution in [1.29, 1.82) is 0 Å². The van der Waals surface area contributed by atoms with Gasteiger partial charge in [0.25, 0.3) is 5.91 Å². The standard InChI is InChI=1S/C24H28N2O3/c1-6-28-17-10-8-16(9-11-17)25-21-20-13-18(29-7-2)12-19-15(3)14-24(4,5)26(22(19)20)23(21)27/h8-13,15H,6-7,14H2,1-5H3/t15-/m1/s1. The molecule has 2 aromatic carbocycles. The van der Waals surface area contributed by atoms with Gasteiger partial charge in [-0.25, -0.2) is 4.99 Å². The van der Waals surface area contributed by atoms with Crippen molar-refractivity contribution >= 4 is 23.0 Å². The van der Waals surface area contributed by atoms with E-state index >= 15 is 0 Å². The van der Waals surface area contributed by atoms with Gasteiger partial charge in [0.2, 0.25) is 0 Å². The molecule has 4 rings (SSSR count). The van der Waals surface area contributed by atoms with Gasteiger partial charge < -0.3 is 14.4 Å². The van der Waals surface area contributed by atoms with Crippen molar-refractivity contribution in [3.05, 3.63) is 47.5 Å². The number of carbonyl (C=O) groups is 1. The van der Waals surface area contributed by atoms with E-state index in [9.17, 15) is 4.79 Å². The molecule has 0 radical (unpaired) electrons. The van der Waals surface area contributed by atoms with Gasteiger partial charge in [0, 0.05) is 11.1 Å². The van der Waals surface area contributed by atoms with E-state index in [0.29, 0.717) is 24.8 Å². The highest BCUT2D eigenvalue weighted by atomic mass is 16.5. The second kappa shape index (κ2) is 7.21. The first-order valence-corrected chi connectivity index (χ1v) is 10.3. The zero-order chi connectivity index (χ0) is 20.8. The van der Waals surface area contributed by atoms with Gasteiger partial charge in [0.15, 0.2) is 0 Å². The van der Waals surface area contributed by atoms with E-state index in [4.69, 9.17) is 14.5 Å². The minimum absolute atomic E-state index is 0.0410. The smallest absolute Gasteiger partial charge is 0.278 e. The third kappa shape index (κ3) is 3.28. The van der Waals surface area contributed by atoms with E-state index in [1.807, 2.05) is 49.1 Å². The second-order valence-electron chi connectivity index (χ2n) is 8.29. The van der Waals surface area contributed by atoms with Gasteiger partial charge in [0.05, 0.1) is 24.6 Å². The minimum Gasteiger partial charge on any atom is -0.494 e. The zero-order valence-electron chi connectivity index (χ0n) is 17.8. The number of anilines is 1. The third-order valence-electron chi connectivity index (χ3n) is 5.64. The number of carbonyl (C=O) groups excluding carboxylic acids is 1.